The van der Waals surface area contributed by atoms with Gasteiger partial charge in [-0.05, 0) is 24.6 Å². The Morgan fingerprint density at radius 3 is 2.69 bits per heavy atom. The molecule has 1 aromatic rings. The van der Waals surface area contributed by atoms with Crippen molar-refractivity contribution < 1.29 is 9.84 Å². The summed E-state index contributed by atoms with van der Waals surface area (Å²) in [6.07, 6.45) is -0.630. The minimum absolute atomic E-state index is 0.271. The monoisotopic (exact) mass is 181 g/mol. The molecule has 0 aromatic heterocycles. The van der Waals surface area contributed by atoms with Gasteiger partial charge in [0, 0.05) is 6.04 Å². The molecule has 72 valence electrons. The Bertz CT molecular complexity index is 273. The predicted molar refractivity (Wildman–Crippen MR) is 51.6 cm³/mol. The lowest BCUT2D eigenvalue weighted by atomic mass is 10.0. The standard InChI is InChI=1S/C10H15NO2/c1-7(11)10(12)8-4-3-5-9(6-8)13-2/h3-7,10,12H,11H2,1-2H3. The van der Waals surface area contributed by atoms with Gasteiger partial charge < -0.3 is 15.6 Å². The van der Waals surface area contributed by atoms with Gasteiger partial charge in [-0.15, -0.1) is 0 Å². The number of hydrogen-bond acceptors (Lipinski definition) is 3. The maximum atomic E-state index is 9.64. The molecule has 0 aliphatic heterocycles. The van der Waals surface area contributed by atoms with Gasteiger partial charge in [-0.2, -0.15) is 0 Å². The Hall–Kier alpha value is -1.06. The SMILES string of the molecule is COc1cccc(C(O)C(C)N)c1. The van der Waals surface area contributed by atoms with Gasteiger partial charge in [-0.25, -0.2) is 0 Å². The normalized spacial score (nSPS) is 15.1. The third kappa shape index (κ3) is 2.44. The van der Waals surface area contributed by atoms with Crippen molar-refractivity contribution in [3.63, 3.8) is 0 Å². The topological polar surface area (TPSA) is 55.5 Å². The number of methoxy groups -OCH3 is 1. The second-order valence-corrected chi connectivity index (χ2v) is 3.08. The first-order chi connectivity index (χ1) is 6.15. The Morgan fingerprint density at radius 2 is 2.15 bits per heavy atom. The summed E-state index contributed by atoms with van der Waals surface area (Å²) < 4.78 is 5.03. The Balaban J connectivity index is 2.88. The van der Waals surface area contributed by atoms with E-state index < -0.39 is 6.10 Å². The van der Waals surface area contributed by atoms with E-state index in [1.165, 1.54) is 0 Å². The van der Waals surface area contributed by atoms with Crippen LogP contribution in [0.1, 0.15) is 18.6 Å². The highest BCUT2D eigenvalue weighted by molar-refractivity contribution is 5.30. The van der Waals surface area contributed by atoms with Crippen LogP contribution in [0.5, 0.6) is 5.75 Å². The van der Waals surface area contributed by atoms with E-state index in [2.05, 4.69) is 0 Å². The molecule has 0 bridgehead atoms. The van der Waals surface area contributed by atoms with Crippen molar-refractivity contribution in [3.05, 3.63) is 29.8 Å². The molecule has 3 N–H and O–H groups in total. The minimum Gasteiger partial charge on any atom is -0.497 e. The van der Waals surface area contributed by atoms with Gasteiger partial charge in [0.1, 0.15) is 5.75 Å². The average Bonchev–Trinajstić information content (AvgIpc) is 2.16. The summed E-state index contributed by atoms with van der Waals surface area (Å²) in [7, 11) is 1.59. The summed E-state index contributed by atoms with van der Waals surface area (Å²) in [6, 6.07) is 7.01. The summed E-state index contributed by atoms with van der Waals surface area (Å²) in [5.74, 6) is 0.734. The van der Waals surface area contributed by atoms with Gasteiger partial charge in [-0.3, -0.25) is 0 Å². The molecule has 0 radical (unpaired) electrons. The molecular formula is C10H15NO2. The van der Waals surface area contributed by atoms with Crippen molar-refractivity contribution in [1.82, 2.24) is 0 Å². The van der Waals surface area contributed by atoms with E-state index >= 15 is 0 Å². The van der Waals surface area contributed by atoms with Crippen molar-refractivity contribution in [2.24, 2.45) is 5.73 Å². The fourth-order valence-electron chi connectivity index (χ4n) is 1.13. The average molecular weight is 181 g/mol. The van der Waals surface area contributed by atoms with Crippen LogP contribution in [0.3, 0.4) is 0 Å². The van der Waals surface area contributed by atoms with Crippen LogP contribution in [0, 0.1) is 0 Å². The van der Waals surface area contributed by atoms with Gasteiger partial charge in [0.2, 0.25) is 0 Å². The fraction of sp³-hybridized carbons (Fsp3) is 0.400. The van der Waals surface area contributed by atoms with Crippen molar-refractivity contribution in [2.45, 2.75) is 19.1 Å². The van der Waals surface area contributed by atoms with Crippen molar-refractivity contribution >= 4 is 0 Å². The molecule has 13 heavy (non-hydrogen) atoms. The zero-order chi connectivity index (χ0) is 9.84. The summed E-state index contributed by atoms with van der Waals surface area (Å²) in [5, 5.41) is 9.64. The number of hydrogen-bond donors (Lipinski definition) is 2. The number of rotatable bonds is 3. The van der Waals surface area contributed by atoms with Gasteiger partial charge in [0.25, 0.3) is 0 Å². The zero-order valence-electron chi connectivity index (χ0n) is 7.90. The Kier molecular flexibility index (Phi) is 3.28. The Labute approximate surface area is 78.1 Å². The summed E-state index contributed by atoms with van der Waals surface area (Å²) in [4.78, 5) is 0. The highest BCUT2D eigenvalue weighted by Gasteiger charge is 2.12. The number of benzene rings is 1. The van der Waals surface area contributed by atoms with E-state index in [0.717, 1.165) is 11.3 Å². The van der Waals surface area contributed by atoms with Gasteiger partial charge >= 0.3 is 0 Å². The molecule has 3 nitrogen and oxygen atoms in total. The van der Waals surface area contributed by atoms with E-state index in [9.17, 15) is 5.11 Å². The van der Waals surface area contributed by atoms with Gasteiger partial charge in [0.15, 0.2) is 0 Å². The van der Waals surface area contributed by atoms with E-state index in [4.69, 9.17) is 10.5 Å². The predicted octanol–water partition coefficient (Wildman–Crippen LogP) is 1.08. The number of nitrogens with two attached hydrogens (primary N) is 1. The second-order valence-electron chi connectivity index (χ2n) is 3.08. The highest BCUT2D eigenvalue weighted by atomic mass is 16.5. The summed E-state index contributed by atoms with van der Waals surface area (Å²) in [5.41, 5.74) is 6.36. The van der Waals surface area contributed by atoms with E-state index in [1.807, 2.05) is 18.2 Å². The molecule has 0 heterocycles. The molecule has 0 aliphatic carbocycles. The third-order valence-corrected chi connectivity index (χ3v) is 1.93. The summed E-state index contributed by atoms with van der Waals surface area (Å²) in [6.45, 7) is 1.77. The molecule has 2 atom stereocenters. The smallest absolute Gasteiger partial charge is 0.119 e. The first-order valence-electron chi connectivity index (χ1n) is 4.22. The van der Waals surface area contributed by atoms with Crippen LogP contribution in [-0.4, -0.2) is 18.3 Å². The van der Waals surface area contributed by atoms with Crippen molar-refractivity contribution in [2.75, 3.05) is 7.11 Å². The molecule has 0 spiro atoms. The van der Waals surface area contributed by atoms with Crippen molar-refractivity contribution in [1.29, 1.82) is 0 Å². The molecule has 1 aromatic carbocycles. The van der Waals surface area contributed by atoms with Crippen LogP contribution in [0.4, 0.5) is 0 Å². The molecule has 2 unspecified atom stereocenters. The second kappa shape index (κ2) is 4.25. The highest BCUT2D eigenvalue weighted by Crippen LogP contribution is 2.20. The summed E-state index contributed by atoms with van der Waals surface area (Å²) >= 11 is 0. The first-order valence-corrected chi connectivity index (χ1v) is 4.22. The molecule has 0 aliphatic rings. The number of ether oxygens (including phenoxy) is 1. The van der Waals surface area contributed by atoms with Crippen LogP contribution in [-0.2, 0) is 0 Å². The van der Waals surface area contributed by atoms with E-state index in [1.54, 1.807) is 20.1 Å². The van der Waals surface area contributed by atoms with Crippen molar-refractivity contribution in [3.8, 4) is 5.75 Å². The van der Waals surface area contributed by atoms with Crippen LogP contribution >= 0.6 is 0 Å². The largest absolute Gasteiger partial charge is 0.497 e. The fourth-order valence-corrected chi connectivity index (χ4v) is 1.13. The van der Waals surface area contributed by atoms with Crippen LogP contribution in [0.25, 0.3) is 0 Å². The van der Waals surface area contributed by atoms with Crippen LogP contribution in [0.15, 0.2) is 24.3 Å². The lowest BCUT2D eigenvalue weighted by molar-refractivity contribution is 0.153. The number of aliphatic hydroxyl groups is 1. The molecule has 0 amide bonds. The first kappa shape index (κ1) is 10.0. The minimum atomic E-state index is -0.630. The van der Waals surface area contributed by atoms with Crippen LogP contribution < -0.4 is 10.5 Å². The molecule has 3 heteroatoms. The zero-order valence-corrected chi connectivity index (χ0v) is 7.90. The molecule has 0 fully saturated rings. The van der Waals surface area contributed by atoms with Gasteiger partial charge in [-0.1, -0.05) is 12.1 Å². The number of aliphatic hydroxyl groups excluding tert-OH is 1. The van der Waals surface area contributed by atoms with Crippen LogP contribution in [0.2, 0.25) is 0 Å². The van der Waals surface area contributed by atoms with E-state index in [0.29, 0.717) is 0 Å². The van der Waals surface area contributed by atoms with E-state index in [-0.39, 0.29) is 6.04 Å². The lowest BCUT2D eigenvalue weighted by Crippen LogP contribution is -2.24. The quantitative estimate of drug-likeness (QED) is 0.733. The third-order valence-electron chi connectivity index (χ3n) is 1.93. The maximum Gasteiger partial charge on any atom is 0.119 e. The maximum absolute atomic E-state index is 9.64. The lowest BCUT2D eigenvalue weighted by Gasteiger charge is -2.15. The molecule has 0 saturated carbocycles. The molecule has 1 rings (SSSR count). The Morgan fingerprint density at radius 1 is 1.46 bits per heavy atom. The molecule has 0 saturated heterocycles. The molecular weight excluding hydrogens is 166 g/mol. The van der Waals surface area contributed by atoms with Gasteiger partial charge in [0.05, 0.1) is 13.2 Å².